The molecule has 2 aromatic carbocycles. The summed E-state index contributed by atoms with van der Waals surface area (Å²) in [4.78, 5) is 11.9. The van der Waals surface area contributed by atoms with Gasteiger partial charge in [-0.1, -0.05) is 35.9 Å². The van der Waals surface area contributed by atoms with Crippen molar-refractivity contribution >= 4 is 11.9 Å². The lowest BCUT2D eigenvalue weighted by molar-refractivity contribution is 0.104. The van der Waals surface area contributed by atoms with Gasteiger partial charge in [0.25, 0.3) is 0 Å². The summed E-state index contributed by atoms with van der Waals surface area (Å²) in [6.45, 7) is 2.01. The van der Waals surface area contributed by atoms with Crippen LogP contribution in [0.4, 0.5) is 0 Å². The van der Waals surface area contributed by atoms with Gasteiger partial charge in [-0.05, 0) is 42.8 Å². The van der Waals surface area contributed by atoms with Crippen LogP contribution in [0.25, 0.3) is 6.08 Å². The van der Waals surface area contributed by atoms with Crippen molar-refractivity contribution in [1.29, 1.82) is 5.26 Å². The van der Waals surface area contributed by atoms with Gasteiger partial charge in [-0.15, -0.1) is 0 Å². The molecular formula is C17H13NO. The summed E-state index contributed by atoms with van der Waals surface area (Å²) in [5.74, 6) is -0.0639. The van der Waals surface area contributed by atoms with Crippen molar-refractivity contribution in [2.75, 3.05) is 0 Å². The number of carbonyl (C=O) groups is 1. The van der Waals surface area contributed by atoms with Crippen LogP contribution in [-0.4, -0.2) is 5.78 Å². The van der Waals surface area contributed by atoms with Crippen molar-refractivity contribution < 1.29 is 4.79 Å². The first-order valence-electron chi connectivity index (χ1n) is 5.98. The Kier molecular flexibility index (Phi) is 3.90. The fourth-order valence-corrected chi connectivity index (χ4v) is 1.75. The Hall–Kier alpha value is -2.66. The van der Waals surface area contributed by atoms with E-state index in [0.717, 1.165) is 11.1 Å². The monoisotopic (exact) mass is 247 g/mol. The van der Waals surface area contributed by atoms with Crippen molar-refractivity contribution in [2.24, 2.45) is 0 Å². The number of allylic oxidation sites excluding steroid dienone is 1. The summed E-state index contributed by atoms with van der Waals surface area (Å²) in [5, 5.41) is 8.70. The number of aryl methyl sites for hydroxylation is 1. The molecule has 2 nitrogen and oxygen atoms in total. The van der Waals surface area contributed by atoms with Gasteiger partial charge in [-0.2, -0.15) is 5.26 Å². The molecule has 2 rings (SSSR count). The van der Waals surface area contributed by atoms with Crippen LogP contribution in [0, 0.1) is 18.3 Å². The summed E-state index contributed by atoms with van der Waals surface area (Å²) in [7, 11) is 0. The van der Waals surface area contributed by atoms with E-state index < -0.39 is 0 Å². The highest BCUT2D eigenvalue weighted by molar-refractivity contribution is 6.06. The summed E-state index contributed by atoms with van der Waals surface area (Å²) in [5.41, 5.74) is 3.30. The Morgan fingerprint density at radius 3 is 2.53 bits per heavy atom. The quantitative estimate of drug-likeness (QED) is 0.612. The van der Waals surface area contributed by atoms with Crippen LogP contribution in [0.3, 0.4) is 0 Å². The van der Waals surface area contributed by atoms with Gasteiger partial charge in [-0.25, -0.2) is 0 Å². The average molecular weight is 247 g/mol. The van der Waals surface area contributed by atoms with E-state index in [-0.39, 0.29) is 5.78 Å². The van der Waals surface area contributed by atoms with E-state index in [1.807, 2.05) is 37.3 Å². The van der Waals surface area contributed by atoms with Gasteiger partial charge in [0.2, 0.25) is 0 Å². The molecule has 19 heavy (non-hydrogen) atoms. The smallest absolute Gasteiger partial charge is 0.185 e. The van der Waals surface area contributed by atoms with E-state index in [1.54, 1.807) is 36.4 Å². The molecule has 0 aliphatic heterocycles. The zero-order chi connectivity index (χ0) is 13.7. The molecule has 0 saturated carbocycles. The number of nitriles is 1. The van der Waals surface area contributed by atoms with Gasteiger partial charge in [0.05, 0.1) is 11.6 Å². The number of carbonyl (C=O) groups excluding carboxylic acids is 1. The number of nitrogens with zero attached hydrogens (tertiary/aromatic N) is 1. The van der Waals surface area contributed by atoms with Crippen molar-refractivity contribution in [3.05, 3.63) is 76.9 Å². The number of ketones is 1. The largest absolute Gasteiger partial charge is 0.289 e. The summed E-state index contributed by atoms with van der Waals surface area (Å²) in [6, 6.07) is 16.6. The molecule has 0 heterocycles. The van der Waals surface area contributed by atoms with E-state index in [4.69, 9.17) is 5.26 Å². The number of rotatable bonds is 3. The Balaban J connectivity index is 2.14. The molecule has 0 bridgehead atoms. The fourth-order valence-electron chi connectivity index (χ4n) is 1.75. The van der Waals surface area contributed by atoms with Crippen LogP contribution in [0.5, 0.6) is 0 Å². The number of hydrogen-bond acceptors (Lipinski definition) is 2. The second kappa shape index (κ2) is 5.79. The van der Waals surface area contributed by atoms with Gasteiger partial charge in [0.15, 0.2) is 5.78 Å². The van der Waals surface area contributed by atoms with E-state index in [1.165, 1.54) is 0 Å². The first kappa shape index (κ1) is 12.8. The van der Waals surface area contributed by atoms with Crippen LogP contribution in [0.15, 0.2) is 54.6 Å². The lowest BCUT2D eigenvalue weighted by Crippen LogP contribution is -1.93. The molecule has 0 aliphatic rings. The normalized spacial score (nSPS) is 10.3. The Morgan fingerprint density at radius 2 is 1.89 bits per heavy atom. The predicted molar refractivity (Wildman–Crippen MR) is 75.7 cm³/mol. The van der Waals surface area contributed by atoms with Crippen molar-refractivity contribution in [3.63, 3.8) is 0 Å². The minimum Gasteiger partial charge on any atom is -0.289 e. The Morgan fingerprint density at radius 1 is 1.16 bits per heavy atom. The van der Waals surface area contributed by atoms with Crippen LogP contribution < -0.4 is 0 Å². The van der Waals surface area contributed by atoms with Crippen molar-refractivity contribution in [3.8, 4) is 6.07 Å². The third-order valence-corrected chi connectivity index (χ3v) is 2.77. The van der Waals surface area contributed by atoms with E-state index >= 15 is 0 Å². The molecule has 0 amide bonds. The second-order valence-corrected chi connectivity index (χ2v) is 4.30. The Labute approximate surface area is 112 Å². The molecule has 92 valence electrons. The zero-order valence-electron chi connectivity index (χ0n) is 10.6. The van der Waals surface area contributed by atoms with E-state index in [9.17, 15) is 4.79 Å². The summed E-state index contributed by atoms with van der Waals surface area (Å²) >= 11 is 0. The molecular weight excluding hydrogens is 234 g/mol. The summed E-state index contributed by atoms with van der Waals surface area (Å²) < 4.78 is 0. The standard InChI is InChI=1S/C17H13NO/c1-13-3-2-4-14(11-13)7-10-17(19)16-8-5-15(12-18)6-9-16/h2-11H,1H3/b10-7+. The predicted octanol–water partition coefficient (Wildman–Crippen LogP) is 3.76. The number of hydrogen-bond donors (Lipinski definition) is 0. The molecule has 2 heteroatoms. The third-order valence-electron chi connectivity index (χ3n) is 2.77. The van der Waals surface area contributed by atoms with E-state index in [0.29, 0.717) is 11.1 Å². The van der Waals surface area contributed by atoms with Crippen LogP contribution in [0.1, 0.15) is 27.0 Å². The molecule has 0 unspecified atom stereocenters. The second-order valence-electron chi connectivity index (χ2n) is 4.30. The minimum absolute atomic E-state index is 0.0639. The van der Waals surface area contributed by atoms with Gasteiger partial charge >= 0.3 is 0 Å². The SMILES string of the molecule is Cc1cccc(/C=C/C(=O)c2ccc(C#N)cc2)c1. The maximum absolute atomic E-state index is 11.9. The maximum atomic E-state index is 11.9. The molecule has 0 N–H and O–H groups in total. The van der Waals surface area contributed by atoms with Gasteiger partial charge in [0, 0.05) is 5.56 Å². The van der Waals surface area contributed by atoms with Crippen LogP contribution >= 0.6 is 0 Å². The molecule has 0 atom stereocenters. The highest BCUT2D eigenvalue weighted by atomic mass is 16.1. The average Bonchev–Trinajstić information content (AvgIpc) is 2.45. The van der Waals surface area contributed by atoms with E-state index in [2.05, 4.69) is 0 Å². The molecule has 0 fully saturated rings. The first-order chi connectivity index (χ1) is 9.19. The fraction of sp³-hybridized carbons (Fsp3) is 0.0588. The van der Waals surface area contributed by atoms with Gasteiger partial charge in [0.1, 0.15) is 0 Å². The molecule has 0 aromatic heterocycles. The highest BCUT2D eigenvalue weighted by Crippen LogP contribution is 2.09. The van der Waals surface area contributed by atoms with Gasteiger partial charge in [-0.3, -0.25) is 4.79 Å². The molecule has 0 saturated heterocycles. The van der Waals surface area contributed by atoms with Crippen LogP contribution in [0.2, 0.25) is 0 Å². The van der Waals surface area contributed by atoms with Gasteiger partial charge < -0.3 is 0 Å². The highest BCUT2D eigenvalue weighted by Gasteiger charge is 2.01. The molecule has 2 aromatic rings. The van der Waals surface area contributed by atoms with Crippen molar-refractivity contribution in [1.82, 2.24) is 0 Å². The van der Waals surface area contributed by atoms with Crippen molar-refractivity contribution in [2.45, 2.75) is 6.92 Å². The minimum atomic E-state index is -0.0639. The zero-order valence-corrected chi connectivity index (χ0v) is 10.6. The third kappa shape index (κ3) is 3.40. The molecule has 0 spiro atoms. The summed E-state index contributed by atoms with van der Waals surface area (Å²) in [6.07, 6.45) is 3.35. The topological polar surface area (TPSA) is 40.9 Å². The Bertz CT molecular complexity index is 660. The lowest BCUT2D eigenvalue weighted by Gasteiger charge is -1.97. The first-order valence-corrected chi connectivity index (χ1v) is 5.98. The molecule has 0 radical (unpaired) electrons. The van der Waals surface area contributed by atoms with Crippen LogP contribution in [-0.2, 0) is 0 Å². The lowest BCUT2D eigenvalue weighted by atomic mass is 10.1. The maximum Gasteiger partial charge on any atom is 0.185 e. The number of benzene rings is 2. The molecule has 0 aliphatic carbocycles.